The van der Waals surface area contributed by atoms with Crippen LogP contribution in [-0.4, -0.2) is 30.8 Å². The van der Waals surface area contributed by atoms with Crippen molar-refractivity contribution in [3.05, 3.63) is 0 Å². The second kappa shape index (κ2) is 5.30. The SMILES string of the molecule is CCCC(CC(C)=O)N(C)C. The molecule has 0 rings (SSSR count). The summed E-state index contributed by atoms with van der Waals surface area (Å²) in [6, 6.07) is 0.442. The van der Waals surface area contributed by atoms with E-state index in [1.807, 2.05) is 14.1 Å². The predicted molar refractivity (Wildman–Crippen MR) is 47.7 cm³/mol. The zero-order valence-electron chi connectivity index (χ0n) is 8.05. The lowest BCUT2D eigenvalue weighted by atomic mass is 10.1. The van der Waals surface area contributed by atoms with Gasteiger partial charge in [0.2, 0.25) is 0 Å². The van der Waals surface area contributed by atoms with Gasteiger partial charge in [-0.25, -0.2) is 0 Å². The minimum Gasteiger partial charge on any atom is -0.306 e. The first kappa shape index (κ1) is 10.6. The number of hydrogen-bond donors (Lipinski definition) is 0. The molecule has 0 aliphatic rings. The summed E-state index contributed by atoms with van der Waals surface area (Å²) in [6.07, 6.45) is 2.96. The van der Waals surface area contributed by atoms with E-state index in [9.17, 15) is 4.79 Å². The Morgan fingerprint density at radius 1 is 1.45 bits per heavy atom. The second-order valence-corrected chi connectivity index (χ2v) is 3.31. The van der Waals surface area contributed by atoms with Crippen molar-refractivity contribution in [1.82, 2.24) is 4.90 Å². The predicted octanol–water partition coefficient (Wildman–Crippen LogP) is 1.70. The van der Waals surface area contributed by atoms with Crippen molar-refractivity contribution < 1.29 is 4.79 Å². The van der Waals surface area contributed by atoms with Crippen LogP contribution in [0.2, 0.25) is 0 Å². The van der Waals surface area contributed by atoms with Gasteiger partial charge >= 0.3 is 0 Å². The smallest absolute Gasteiger partial charge is 0.131 e. The molecule has 0 heterocycles. The summed E-state index contributed by atoms with van der Waals surface area (Å²) in [5.41, 5.74) is 0. The molecule has 2 nitrogen and oxygen atoms in total. The molecular formula is C9H19NO. The Kier molecular flexibility index (Phi) is 5.12. The number of carbonyl (C=O) groups excluding carboxylic acids is 1. The minimum absolute atomic E-state index is 0.289. The van der Waals surface area contributed by atoms with Crippen LogP contribution in [0.15, 0.2) is 0 Å². The van der Waals surface area contributed by atoms with Crippen LogP contribution in [0.1, 0.15) is 33.1 Å². The lowest BCUT2D eigenvalue weighted by Gasteiger charge is -2.22. The first-order chi connectivity index (χ1) is 5.07. The summed E-state index contributed by atoms with van der Waals surface area (Å²) in [6.45, 7) is 3.81. The van der Waals surface area contributed by atoms with Gasteiger partial charge in [-0.05, 0) is 27.4 Å². The highest BCUT2D eigenvalue weighted by atomic mass is 16.1. The molecular weight excluding hydrogens is 138 g/mol. The summed E-state index contributed by atoms with van der Waals surface area (Å²) < 4.78 is 0. The van der Waals surface area contributed by atoms with E-state index in [-0.39, 0.29) is 5.78 Å². The number of hydrogen-bond acceptors (Lipinski definition) is 2. The fourth-order valence-electron chi connectivity index (χ4n) is 1.21. The Morgan fingerprint density at radius 2 is 2.00 bits per heavy atom. The van der Waals surface area contributed by atoms with Gasteiger partial charge in [0.15, 0.2) is 0 Å². The molecule has 2 heteroatoms. The number of rotatable bonds is 5. The van der Waals surface area contributed by atoms with Crippen molar-refractivity contribution in [3.8, 4) is 0 Å². The first-order valence-electron chi connectivity index (χ1n) is 4.23. The Bertz CT molecular complexity index is 121. The van der Waals surface area contributed by atoms with Gasteiger partial charge in [0, 0.05) is 12.5 Å². The maximum Gasteiger partial charge on any atom is 0.131 e. The number of nitrogens with zero attached hydrogens (tertiary/aromatic N) is 1. The van der Waals surface area contributed by atoms with Crippen molar-refractivity contribution >= 4 is 5.78 Å². The zero-order valence-corrected chi connectivity index (χ0v) is 8.05. The minimum atomic E-state index is 0.289. The summed E-state index contributed by atoms with van der Waals surface area (Å²) in [5.74, 6) is 0.289. The van der Waals surface area contributed by atoms with E-state index in [2.05, 4.69) is 11.8 Å². The lowest BCUT2D eigenvalue weighted by molar-refractivity contribution is -0.118. The highest BCUT2D eigenvalue weighted by molar-refractivity contribution is 5.76. The van der Waals surface area contributed by atoms with Crippen LogP contribution in [0, 0.1) is 0 Å². The Balaban J connectivity index is 3.79. The molecule has 0 bridgehead atoms. The quantitative estimate of drug-likeness (QED) is 0.605. The van der Waals surface area contributed by atoms with E-state index in [0.29, 0.717) is 12.5 Å². The van der Waals surface area contributed by atoms with Crippen LogP contribution >= 0.6 is 0 Å². The van der Waals surface area contributed by atoms with Gasteiger partial charge < -0.3 is 4.90 Å². The molecule has 0 aliphatic heterocycles. The molecule has 0 aromatic heterocycles. The Hall–Kier alpha value is -0.370. The number of carbonyl (C=O) groups is 1. The molecule has 1 atom stereocenters. The third-order valence-electron chi connectivity index (χ3n) is 1.88. The van der Waals surface area contributed by atoms with Crippen molar-refractivity contribution in [2.75, 3.05) is 14.1 Å². The molecule has 0 amide bonds. The van der Waals surface area contributed by atoms with Gasteiger partial charge in [0.05, 0.1) is 0 Å². The van der Waals surface area contributed by atoms with Crippen molar-refractivity contribution in [1.29, 1.82) is 0 Å². The van der Waals surface area contributed by atoms with E-state index in [0.717, 1.165) is 12.8 Å². The normalized spacial score (nSPS) is 13.5. The monoisotopic (exact) mass is 157 g/mol. The topological polar surface area (TPSA) is 20.3 Å². The molecule has 11 heavy (non-hydrogen) atoms. The van der Waals surface area contributed by atoms with Crippen LogP contribution < -0.4 is 0 Å². The lowest BCUT2D eigenvalue weighted by Crippen LogP contribution is -2.29. The van der Waals surface area contributed by atoms with Crippen LogP contribution in [0.3, 0.4) is 0 Å². The van der Waals surface area contributed by atoms with Gasteiger partial charge in [0.1, 0.15) is 5.78 Å². The molecule has 0 spiro atoms. The molecule has 0 radical (unpaired) electrons. The van der Waals surface area contributed by atoms with Crippen LogP contribution in [0.4, 0.5) is 0 Å². The van der Waals surface area contributed by atoms with E-state index >= 15 is 0 Å². The molecule has 0 aliphatic carbocycles. The Labute approximate surface area is 69.6 Å². The summed E-state index contributed by atoms with van der Waals surface area (Å²) in [4.78, 5) is 12.9. The van der Waals surface area contributed by atoms with Crippen LogP contribution in [0.25, 0.3) is 0 Å². The highest BCUT2D eigenvalue weighted by Gasteiger charge is 2.11. The number of Topliss-reactive ketones (excluding diaryl/α,β-unsaturated/α-hetero) is 1. The fourth-order valence-corrected chi connectivity index (χ4v) is 1.21. The highest BCUT2D eigenvalue weighted by Crippen LogP contribution is 2.07. The third kappa shape index (κ3) is 4.96. The van der Waals surface area contributed by atoms with Crippen LogP contribution in [0.5, 0.6) is 0 Å². The average molecular weight is 157 g/mol. The molecule has 0 aromatic carbocycles. The van der Waals surface area contributed by atoms with Crippen molar-refractivity contribution in [2.45, 2.75) is 39.2 Å². The molecule has 66 valence electrons. The van der Waals surface area contributed by atoms with Gasteiger partial charge in [0.25, 0.3) is 0 Å². The van der Waals surface area contributed by atoms with Gasteiger partial charge in [-0.3, -0.25) is 4.79 Å². The third-order valence-corrected chi connectivity index (χ3v) is 1.88. The van der Waals surface area contributed by atoms with Crippen molar-refractivity contribution in [2.24, 2.45) is 0 Å². The summed E-state index contributed by atoms with van der Waals surface area (Å²) in [7, 11) is 4.06. The molecule has 0 aromatic rings. The average Bonchev–Trinajstić information content (AvgIpc) is 1.86. The zero-order chi connectivity index (χ0) is 8.85. The maximum absolute atomic E-state index is 10.8. The molecule has 0 saturated carbocycles. The summed E-state index contributed by atoms with van der Waals surface area (Å²) >= 11 is 0. The molecule has 1 unspecified atom stereocenters. The standard InChI is InChI=1S/C9H19NO/c1-5-6-9(10(3)4)7-8(2)11/h9H,5-7H2,1-4H3. The van der Waals surface area contributed by atoms with Crippen LogP contribution in [-0.2, 0) is 4.79 Å². The number of ketones is 1. The largest absolute Gasteiger partial charge is 0.306 e. The van der Waals surface area contributed by atoms with Crippen molar-refractivity contribution in [3.63, 3.8) is 0 Å². The van der Waals surface area contributed by atoms with Gasteiger partial charge in [-0.2, -0.15) is 0 Å². The Morgan fingerprint density at radius 3 is 2.27 bits per heavy atom. The van der Waals surface area contributed by atoms with E-state index < -0.39 is 0 Å². The fraction of sp³-hybridized carbons (Fsp3) is 0.889. The van der Waals surface area contributed by atoms with E-state index in [1.165, 1.54) is 0 Å². The molecule has 0 N–H and O–H groups in total. The van der Waals surface area contributed by atoms with Gasteiger partial charge in [-0.1, -0.05) is 13.3 Å². The van der Waals surface area contributed by atoms with E-state index in [4.69, 9.17) is 0 Å². The van der Waals surface area contributed by atoms with Gasteiger partial charge in [-0.15, -0.1) is 0 Å². The summed E-state index contributed by atoms with van der Waals surface area (Å²) in [5, 5.41) is 0. The first-order valence-corrected chi connectivity index (χ1v) is 4.23. The maximum atomic E-state index is 10.8. The molecule has 0 saturated heterocycles. The van der Waals surface area contributed by atoms with E-state index in [1.54, 1.807) is 6.92 Å². The molecule has 0 fully saturated rings. The second-order valence-electron chi connectivity index (χ2n) is 3.31.